The fourth-order valence-electron chi connectivity index (χ4n) is 0.930. The van der Waals surface area contributed by atoms with Gasteiger partial charge in [-0.05, 0) is 33.6 Å². The minimum absolute atomic E-state index is 0.00981. The second-order valence-electron chi connectivity index (χ2n) is 4.42. The number of ether oxygens (including phenoxy) is 1. The Kier molecular flexibility index (Phi) is 2.71. The predicted octanol–water partition coefficient (Wildman–Crippen LogP) is 2.54. The first-order chi connectivity index (χ1) is 5.40. The van der Waals surface area contributed by atoms with E-state index in [0.717, 1.165) is 17.3 Å². The summed E-state index contributed by atoms with van der Waals surface area (Å²) < 4.78 is 6.20. The van der Waals surface area contributed by atoms with Crippen LogP contribution in [0.25, 0.3) is 0 Å². The minimum Gasteiger partial charge on any atom is -0.460 e. The molecule has 0 N–H and O–H groups in total. The van der Waals surface area contributed by atoms with E-state index < -0.39 is 0 Å². The molecule has 2 nitrogen and oxygen atoms in total. The van der Waals surface area contributed by atoms with Crippen LogP contribution in [0.3, 0.4) is 0 Å². The summed E-state index contributed by atoms with van der Waals surface area (Å²) in [5.74, 6) is -0.00981. The normalized spacial score (nSPS) is 20.3. The molecule has 0 aliphatic heterocycles. The zero-order chi connectivity index (χ0) is 9.41. The summed E-state index contributed by atoms with van der Waals surface area (Å²) in [5.41, 5.74) is -0.452. The Morgan fingerprint density at radius 3 is 2.25 bits per heavy atom. The van der Waals surface area contributed by atoms with Crippen molar-refractivity contribution < 1.29 is 9.53 Å². The van der Waals surface area contributed by atoms with E-state index in [1.54, 1.807) is 0 Å². The van der Waals surface area contributed by atoms with Crippen LogP contribution in [0.4, 0.5) is 0 Å². The molecule has 0 aromatic heterocycles. The van der Waals surface area contributed by atoms with Crippen LogP contribution in [0, 0.1) is 5.41 Å². The van der Waals surface area contributed by atoms with Crippen LogP contribution >= 0.6 is 22.6 Å². The van der Waals surface area contributed by atoms with Crippen LogP contribution in [0.1, 0.15) is 33.6 Å². The van der Waals surface area contributed by atoms with Gasteiger partial charge >= 0.3 is 5.97 Å². The van der Waals surface area contributed by atoms with Crippen molar-refractivity contribution in [2.45, 2.75) is 39.2 Å². The lowest BCUT2D eigenvalue weighted by Crippen LogP contribution is -2.30. The maximum Gasteiger partial charge on any atom is 0.313 e. The van der Waals surface area contributed by atoms with Gasteiger partial charge in [-0.25, -0.2) is 0 Å². The standard InChI is InChI=1S/C9H15IO2/c1-8(2,3)12-7(11)9(6-10)4-5-9/h4-6H2,1-3H3. The van der Waals surface area contributed by atoms with Gasteiger partial charge < -0.3 is 4.74 Å². The molecule has 0 amide bonds. The van der Waals surface area contributed by atoms with Crippen molar-refractivity contribution in [1.82, 2.24) is 0 Å². The lowest BCUT2D eigenvalue weighted by atomic mass is 10.1. The number of hydrogen-bond acceptors (Lipinski definition) is 2. The third-order valence-corrected chi connectivity index (χ3v) is 3.40. The highest BCUT2D eigenvalue weighted by atomic mass is 127. The molecule has 0 saturated heterocycles. The minimum atomic E-state index is -0.335. The highest BCUT2D eigenvalue weighted by molar-refractivity contribution is 14.1. The molecule has 1 rings (SSSR count). The number of halogens is 1. The zero-order valence-corrected chi connectivity index (χ0v) is 9.97. The van der Waals surface area contributed by atoms with Crippen LogP contribution in [0.15, 0.2) is 0 Å². The number of carbonyl (C=O) groups is 1. The summed E-state index contributed by atoms with van der Waals surface area (Å²) in [7, 11) is 0. The molecule has 1 fully saturated rings. The lowest BCUT2D eigenvalue weighted by Gasteiger charge is -2.22. The maximum atomic E-state index is 11.5. The van der Waals surface area contributed by atoms with Crippen molar-refractivity contribution in [3.63, 3.8) is 0 Å². The SMILES string of the molecule is CC(C)(C)OC(=O)C1(CI)CC1. The average Bonchev–Trinajstić information content (AvgIpc) is 2.62. The molecule has 0 aromatic rings. The Bertz CT molecular complexity index is 189. The number of hydrogen-bond donors (Lipinski definition) is 0. The largest absolute Gasteiger partial charge is 0.460 e. The Morgan fingerprint density at radius 2 is 2.00 bits per heavy atom. The summed E-state index contributed by atoms with van der Waals surface area (Å²) in [5, 5.41) is 0. The summed E-state index contributed by atoms with van der Waals surface area (Å²) in [6.07, 6.45) is 2.01. The number of rotatable bonds is 2. The van der Waals surface area contributed by atoms with E-state index in [-0.39, 0.29) is 17.0 Å². The fraction of sp³-hybridized carbons (Fsp3) is 0.889. The Morgan fingerprint density at radius 1 is 1.50 bits per heavy atom. The molecule has 0 aromatic carbocycles. The van der Waals surface area contributed by atoms with Gasteiger partial charge in [0.05, 0.1) is 5.41 Å². The summed E-state index contributed by atoms with van der Waals surface area (Å²) in [6, 6.07) is 0. The van der Waals surface area contributed by atoms with Gasteiger partial charge in [-0.1, -0.05) is 22.6 Å². The molecule has 1 aliphatic rings. The van der Waals surface area contributed by atoms with Crippen LogP contribution in [-0.4, -0.2) is 16.0 Å². The van der Waals surface area contributed by atoms with E-state index in [1.807, 2.05) is 20.8 Å². The molecule has 0 spiro atoms. The van der Waals surface area contributed by atoms with Crippen LogP contribution < -0.4 is 0 Å². The summed E-state index contributed by atoms with van der Waals surface area (Å²) in [4.78, 5) is 11.5. The van der Waals surface area contributed by atoms with Gasteiger partial charge in [0.2, 0.25) is 0 Å². The van der Waals surface area contributed by atoms with Gasteiger partial charge in [0.1, 0.15) is 5.60 Å². The second kappa shape index (κ2) is 3.16. The number of alkyl halides is 1. The van der Waals surface area contributed by atoms with Crippen LogP contribution in [0.5, 0.6) is 0 Å². The van der Waals surface area contributed by atoms with Crippen molar-refractivity contribution in [2.24, 2.45) is 5.41 Å². The average molecular weight is 282 g/mol. The van der Waals surface area contributed by atoms with Crippen molar-refractivity contribution in [1.29, 1.82) is 0 Å². The maximum absolute atomic E-state index is 11.5. The smallest absolute Gasteiger partial charge is 0.313 e. The molecule has 1 aliphatic carbocycles. The third kappa shape index (κ3) is 2.34. The first-order valence-electron chi connectivity index (χ1n) is 4.19. The van der Waals surface area contributed by atoms with E-state index in [9.17, 15) is 4.79 Å². The predicted molar refractivity (Wildman–Crippen MR) is 56.4 cm³/mol. The Hall–Kier alpha value is 0.200. The highest BCUT2D eigenvalue weighted by Gasteiger charge is 2.51. The van der Waals surface area contributed by atoms with Crippen molar-refractivity contribution in [2.75, 3.05) is 4.43 Å². The Balaban J connectivity index is 2.49. The quantitative estimate of drug-likeness (QED) is 0.442. The van der Waals surface area contributed by atoms with Gasteiger partial charge in [-0.2, -0.15) is 0 Å². The van der Waals surface area contributed by atoms with E-state index in [0.29, 0.717) is 0 Å². The second-order valence-corrected chi connectivity index (χ2v) is 5.18. The summed E-state index contributed by atoms with van der Waals surface area (Å²) >= 11 is 2.26. The Labute approximate surface area is 87.2 Å². The number of esters is 1. The molecular formula is C9H15IO2. The van der Waals surface area contributed by atoms with Gasteiger partial charge in [-0.15, -0.1) is 0 Å². The molecule has 0 atom stereocenters. The lowest BCUT2D eigenvalue weighted by molar-refractivity contribution is -0.160. The molecule has 1 saturated carbocycles. The van der Waals surface area contributed by atoms with E-state index in [4.69, 9.17) is 4.74 Å². The first-order valence-corrected chi connectivity index (χ1v) is 5.72. The van der Waals surface area contributed by atoms with Gasteiger partial charge in [-0.3, -0.25) is 4.79 Å². The zero-order valence-electron chi connectivity index (χ0n) is 7.82. The molecule has 0 heterocycles. The molecule has 3 heteroatoms. The van der Waals surface area contributed by atoms with Gasteiger partial charge in [0, 0.05) is 4.43 Å². The molecule has 0 bridgehead atoms. The van der Waals surface area contributed by atoms with Crippen LogP contribution in [0.2, 0.25) is 0 Å². The third-order valence-electron chi connectivity index (χ3n) is 1.94. The van der Waals surface area contributed by atoms with E-state index in [2.05, 4.69) is 22.6 Å². The van der Waals surface area contributed by atoms with Gasteiger partial charge in [0.15, 0.2) is 0 Å². The van der Waals surface area contributed by atoms with E-state index >= 15 is 0 Å². The molecular weight excluding hydrogens is 267 g/mol. The van der Waals surface area contributed by atoms with E-state index in [1.165, 1.54) is 0 Å². The fourth-order valence-corrected chi connectivity index (χ4v) is 2.00. The molecule has 0 unspecified atom stereocenters. The first kappa shape index (κ1) is 10.3. The van der Waals surface area contributed by atoms with Crippen molar-refractivity contribution >= 4 is 28.6 Å². The molecule has 12 heavy (non-hydrogen) atoms. The monoisotopic (exact) mass is 282 g/mol. The van der Waals surface area contributed by atoms with Crippen molar-refractivity contribution in [3.8, 4) is 0 Å². The number of carbonyl (C=O) groups excluding carboxylic acids is 1. The molecule has 70 valence electrons. The highest BCUT2D eigenvalue weighted by Crippen LogP contribution is 2.48. The molecule has 0 radical (unpaired) electrons. The van der Waals surface area contributed by atoms with Crippen molar-refractivity contribution in [3.05, 3.63) is 0 Å². The van der Waals surface area contributed by atoms with Crippen LogP contribution in [-0.2, 0) is 9.53 Å². The summed E-state index contributed by atoms with van der Waals surface area (Å²) in [6.45, 7) is 5.73. The topological polar surface area (TPSA) is 26.3 Å². The van der Waals surface area contributed by atoms with Gasteiger partial charge in [0.25, 0.3) is 0 Å².